The number of piperazine rings is 1. The lowest BCUT2D eigenvalue weighted by molar-refractivity contribution is 0.244. The molecule has 1 fully saturated rings. The first-order valence-corrected chi connectivity index (χ1v) is 9.49. The molecule has 0 aromatic heterocycles. The molecule has 0 spiro atoms. The van der Waals surface area contributed by atoms with Gasteiger partial charge in [0.15, 0.2) is 0 Å². The highest BCUT2D eigenvalue weighted by Crippen LogP contribution is 2.22. The van der Waals surface area contributed by atoms with E-state index in [1.54, 1.807) is 6.92 Å². The van der Waals surface area contributed by atoms with E-state index in [-0.39, 0.29) is 34.3 Å². The van der Waals surface area contributed by atoms with Gasteiger partial charge in [-0.3, -0.25) is 0 Å². The summed E-state index contributed by atoms with van der Waals surface area (Å²) in [7, 11) is -7.69. The van der Waals surface area contributed by atoms with Crippen LogP contribution in [0.4, 0.5) is 0 Å². The molecule has 1 aliphatic heterocycles. The van der Waals surface area contributed by atoms with Crippen molar-refractivity contribution in [3.8, 4) is 0 Å². The topological polar surface area (TPSA) is 110 Å². The highest BCUT2D eigenvalue weighted by atomic mass is 35.5. The summed E-state index contributed by atoms with van der Waals surface area (Å²) in [5.74, 6) is 0. The van der Waals surface area contributed by atoms with Crippen molar-refractivity contribution in [2.75, 3.05) is 13.1 Å². The lowest BCUT2D eigenvalue weighted by Crippen LogP contribution is -2.56. The third-order valence-electron chi connectivity index (χ3n) is 3.45. The zero-order chi connectivity index (χ0) is 15.8. The van der Waals surface area contributed by atoms with E-state index in [1.807, 2.05) is 6.92 Å². The van der Waals surface area contributed by atoms with Crippen LogP contribution in [0.3, 0.4) is 0 Å². The van der Waals surface area contributed by atoms with Crippen LogP contribution in [0, 0.1) is 0 Å². The average Bonchev–Trinajstić information content (AvgIpc) is 2.40. The van der Waals surface area contributed by atoms with E-state index in [9.17, 15) is 16.8 Å². The van der Waals surface area contributed by atoms with Crippen molar-refractivity contribution >= 4 is 32.5 Å². The summed E-state index contributed by atoms with van der Waals surface area (Å²) in [6, 6.07) is 4.97. The van der Waals surface area contributed by atoms with Crippen LogP contribution in [0.1, 0.15) is 13.8 Å². The number of primary sulfonamides is 1. The summed E-state index contributed by atoms with van der Waals surface area (Å²) >= 11 is 0. The van der Waals surface area contributed by atoms with Gasteiger partial charge in [0, 0.05) is 25.2 Å². The lowest BCUT2D eigenvalue weighted by Gasteiger charge is -2.36. The maximum absolute atomic E-state index is 12.7. The van der Waals surface area contributed by atoms with E-state index >= 15 is 0 Å². The molecule has 1 heterocycles. The summed E-state index contributed by atoms with van der Waals surface area (Å²) in [5.41, 5.74) is 0. The molecule has 0 amide bonds. The molecule has 0 aliphatic carbocycles. The first kappa shape index (κ1) is 19.3. The molecule has 7 nitrogen and oxygen atoms in total. The van der Waals surface area contributed by atoms with Gasteiger partial charge in [0.1, 0.15) is 0 Å². The number of hydrogen-bond donors (Lipinski definition) is 2. The number of hydrogen-bond acceptors (Lipinski definition) is 5. The van der Waals surface area contributed by atoms with Crippen molar-refractivity contribution < 1.29 is 16.8 Å². The van der Waals surface area contributed by atoms with Crippen LogP contribution in [0.5, 0.6) is 0 Å². The second-order valence-electron chi connectivity index (χ2n) is 5.25. The van der Waals surface area contributed by atoms with E-state index in [0.29, 0.717) is 13.1 Å². The number of benzene rings is 1. The van der Waals surface area contributed by atoms with E-state index in [0.717, 1.165) is 6.07 Å². The van der Waals surface area contributed by atoms with Crippen molar-refractivity contribution in [3.05, 3.63) is 24.3 Å². The van der Waals surface area contributed by atoms with Crippen LogP contribution >= 0.6 is 12.4 Å². The van der Waals surface area contributed by atoms with E-state index in [1.165, 1.54) is 22.5 Å². The summed E-state index contributed by atoms with van der Waals surface area (Å²) < 4.78 is 49.5. The Kier molecular flexibility index (Phi) is 5.99. The normalized spacial score (nSPS) is 23.8. The van der Waals surface area contributed by atoms with Crippen LogP contribution in [-0.2, 0) is 20.0 Å². The van der Waals surface area contributed by atoms with Crippen molar-refractivity contribution in [2.24, 2.45) is 5.14 Å². The van der Waals surface area contributed by atoms with Gasteiger partial charge >= 0.3 is 0 Å². The van der Waals surface area contributed by atoms with E-state index in [2.05, 4.69) is 5.32 Å². The second-order valence-corrected chi connectivity index (χ2v) is 8.70. The Morgan fingerprint density at radius 2 is 1.77 bits per heavy atom. The molecule has 1 aromatic carbocycles. The zero-order valence-electron chi connectivity index (χ0n) is 12.3. The Bertz CT molecular complexity index is 736. The quantitative estimate of drug-likeness (QED) is 0.786. The van der Waals surface area contributed by atoms with Crippen molar-refractivity contribution in [1.82, 2.24) is 9.62 Å². The number of nitrogens with zero attached hydrogens (tertiary/aromatic N) is 1. The van der Waals surface area contributed by atoms with Crippen molar-refractivity contribution in [3.63, 3.8) is 0 Å². The molecule has 2 rings (SSSR count). The van der Waals surface area contributed by atoms with Crippen LogP contribution in [-0.4, -0.2) is 46.3 Å². The maximum Gasteiger partial charge on any atom is 0.243 e. The average molecular weight is 370 g/mol. The summed E-state index contributed by atoms with van der Waals surface area (Å²) in [5, 5.41) is 8.25. The summed E-state index contributed by atoms with van der Waals surface area (Å²) in [6.45, 7) is 4.59. The molecular weight excluding hydrogens is 350 g/mol. The standard InChI is InChI=1S/C12H19N3O4S2.ClH/c1-9-8-15(10(2)7-14-9)21(18,19)12-5-3-4-11(6-12)20(13,16)17;/h3-6,9-10,14H,7-8H2,1-2H3,(H2,13,16,17);1H. The van der Waals surface area contributed by atoms with Crippen LogP contribution in [0.25, 0.3) is 0 Å². The molecule has 10 heteroatoms. The number of nitrogens with one attached hydrogen (secondary N) is 1. The number of sulfonamides is 2. The summed E-state index contributed by atoms with van der Waals surface area (Å²) in [6.07, 6.45) is 0. The molecule has 126 valence electrons. The molecule has 0 radical (unpaired) electrons. The molecule has 2 unspecified atom stereocenters. The van der Waals surface area contributed by atoms with Gasteiger partial charge in [-0.05, 0) is 32.0 Å². The van der Waals surface area contributed by atoms with Gasteiger partial charge in [-0.15, -0.1) is 12.4 Å². The highest BCUT2D eigenvalue weighted by molar-refractivity contribution is 7.90. The fourth-order valence-corrected chi connectivity index (χ4v) is 4.67. The van der Waals surface area contributed by atoms with Crippen LogP contribution in [0.2, 0.25) is 0 Å². The fourth-order valence-electron chi connectivity index (χ4n) is 2.27. The first-order chi connectivity index (χ1) is 9.62. The molecule has 1 saturated heterocycles. The Morgan fingerprint density at radius 3 is 2.36 bits per heavy atom. The molecule has 0 saturated carbocycles. The molecule has 2 atom stereocenters. The van der Waals surface area contributed by atoms with E-state index < -0.39 is 20.0 Å². The van der Waals surface area contributed by atoms with Gasteiger partial charge < -0.3 is 5.32 Å². The number of nitrogens with two attached hydrogens (primary N) is 1. The largest absolute Gasteiger partial charge is 0.311 e. The van der Waals surface area contributed by atoms with Gasteiger partial charge in [0.2, 0.25) is 20.0 Å². The predicted octanol–water partition coefficient (Wildman–Crippen LogP) is 0.127. The van der Waals surface area contributed by atoms with Gasteiger partial charge in [-0.2, -0.15) is 4.31 Å². The Labute approximate surface area is 137 Å². The van der Waals surface area contributed by atoms with Crippen LogP contribution < -0.4 is 10.5 Å². The third-order valence-corrected chi connectivity index (χ3v) is 6.33. The summed E-state index contributed by atoms with van der Waals surface area (Å²) in [4.78, 5) is -0.269. The van der Waals surface area contributed by atoms with E-state index in [4.69, 9.17) is 5.14 Å². The van der Waals surface area contributed by atoms with Gasteiger partial charge in [0.25, 0.3) is 0 Å². The maximum atomic E-state index is 12.7. The van der Waals surface area contributed by atoms with Gasteiger partial charge in [-0.25, -0.2) is 22.0 Å². The zero-order valence-corrected chi connectivity index (χ0v) is 14.7. The monoisotopic (exact) mass is 369 g/mol. The van der Waals surface area contributed by atoms with Gasteiger partial charge in [0.05, 0.1) is 9.79 Å². The van der Waals surface area contributed by atoms with Crippen LogP contribution in [0.15, 0.2) is 34.1 Å². The molecule has 1 aliphatic rings. The fraction of sp³-hybridized carbons (Fsp3) is 0.500. The smallest absolute Gasteiger partial charge is 0.243 e. The van der Waals surface area contributed by atoms with Gasteiger partial charge in [-0.1, -0.05) is 6.07 Å². The second kappa shape index (κ2) is 6.81. The highest BCUT2D eigenvalue weighted by Gasteiger charge is 2.33. The van der Waals surface area contributed by atoms with Crippen molar-refractivity contribution in [1.29, 1.82) is 0 Å². The first-order valence-electron chi connectivity index (χ1n) is 6.50. The Balaban J connectivity index is 0.00000242. The number of halogens is 1. The SMILES string of the molecule is CC1CN(S(=O)(=O)c2cccc(S(N)(=O)=O)c2)C(C)CN1.Cl. The third kappa shape index (κ3) is 3.98. The minimum atomic E-state index is -3.94. The molecule has 3 N–H and O–H groups in total. The molecule has 1 aromatic rings. The minimum Gasteiger partial charge on any atom is -0.311 e. The van der Waals surface area contributed by atoms with Crippen molar-refractivity contribution in [2.45, 2.75) is 35.7 Å². The predicted molar refractivity (Wildman–Crippen MR) is 85.9 cm³/mol. The minimum absolute atomic E-state index is 0. The molecule has 0 bridgehead atoms. The Hall–Kier alpha value is -0.710. The number of rotatable bonds is 3. The molecular formula is C12H20ClN3O4S2. The lowest BCUT2D eigenvalue weighted by atomic mass is 10.2. The Morgan fingerprint density at radius 1 is 1.18 bits per heavy atom. The molecule has 22 heavy (non-hydrogen) atoms.